The van der Waals surface area contributed by atoms with E-state index in [1.165, 1.54) is 18.9 Å². The summed E-state index contributed by atoms with van der Waals surface area (Å²) in [7, 11) is 4.85. The SMILES string of the molecule is C#CCSc1nc(=O)c2c(n1C)NC(=O)CC2c1ccc(OC)cc1OC. The number of anilines is 1. The fourth-order valence-corrected chi connectivity index (χ4v) is 3.79. The van der Waals surface area contributed by atoms with Gasteiger partial charge in [0.15, 0.2) is 5.16 Å². The highest BCUT2D eigenvalue weighted by atomic mass is 32.2. The van der Waals surface area contributed by atoms with E-state index in [-0.39, 0.29) is 17.9 Å². The third-order valence-corrected chi connectivity index (χ3v) is 5.34. The molecule has 1 amide bonds. The molecule has 0 saturated heterocycles. The number of methoxy groups -OCH3 is 2. The van der Waals surface area contributed by atoms with Gasteiger partial charge in [-0.1, -0.05) is 23.7 Å². The summed E-state index contributed by atoms with van der Waals surface area (Å²) in [5.74, 6) is 3.85. The van der Waals surface area contributed by atoms with E-state index < -0.39 is 5.92 Å². The van der Waals surface area contributed by atoms with Crippen molar-refractivity contribution in [2.45, 2.75) is 17.5 Å². The van der Waals surface area contributed by atoms with Gasteiger partial charge >= 0.3 is 0 Å². The molecule has 1 aromatic carbocycles. The summed E-state index contributed by atoms with van der Waals surface area (Å²) in [6.45, 7) is 0. The number of hydrogen-bond acceptors (Lipinski definition) is 6. The monoisotopic (exact) mass is 385 g/mol. The molecule has 1 atom stereocenters. The van der Waals surface area contributed by atoms with Crippen LogP contribution in [0.1, 0.15) is 23.5 Å². The van der Waals surface area contributed by atoms with Gasteiger partial charge < -0.3 is 19.4 Å². The molecular weight excluding hydrogens is 366 g/mol. The third-order valence-electron chi connectivity index (χ3n) is 4.40. The summed E-state index contributed by atoms with van der Waals surface area (Å²) < 4.78 is 12.4. The standard InChI is InChI=1S/C19H19N3O4S/c1-5-8-27-19-21-18(24)16-13(10-15(23)20-17(16)22(19)2)12-7-6-11(25-3)9-14(12)26-4/h1,6-7,9,13H,8,10H2,2-4H3,(H,20,23). The summed E-state index contributed by atoms with van der Waals surface area (Å²) in [5.41, 5.74) is 0.786. The largest absolute Gasteiger partial charge is 0.497 e. The minimum Gasteiger partial charge on any atom is -0.497 e. The number of rotatable bonds is 5. The van der Waals surface area contributed by atoms with Crippen molar-refractivity contribution < 1.29 is 14.3 Å². The van der Waals surface area contributed by atoms with Gasteiger partial charge in [-0.05, 0) is 6.07 Å². The fraction of sp³-hybridized carbons (Fsp3) is 0.316. The first kappa shape index (κ1) is 18.9. The van der Waals surface area contributed by atoms with Crippen molar-refractivity contribution in [2.24, 2.45) is 7.05 Å². The van der Waals surface area contributed by atoms with Gasteiger partial charge in [-0.15, -0.1) is 6.42 Å². The third kappa shape index (κ3) is 3.51. The molecule has 0 radical (unpaired) electrons. The van der Waals surface area contributed by atoms with E-state index in [1.54, 1.807) is 30.9 Å². The normalized spacial score (nSPS) is 15.5. The van der Waals surface area contributed by atoms with Crippen LogP contribution in [-0.4, -0.2) is 35.4 Å². The summed E-state index contributed by atoms with van der Waals surface area (Å²) in [5, 5.41) is 3.26. The Bertz CT molecular complexity index is 994. The number of hydrogen-bond donors (Lipinski definition) is 1. The summed E-state index contributed by atoms with van der Waals surface area (Å²) in [4.78, 5) is 29.3. The zero-order valence-corrected chi connectivity index (χ0v) is 16.1. The number of nitrogens with one attached hydrogen (secondary N) is 1. The average Bonchev–Trinajstić information content (AvgIpc) is 2.68. The van der Waals surface area contributed by atoms with Gasteiger partial charge in [-0.3, -0.25) is 9.59 Å². The van der Waals surface area contributed by atoms with Gasteiger partial charge in [0, 0.05) is 31.0 Å². The molecular formula is C19H19N3O4S. The minimum absolute atomic E-state index is 0.128. The lowest BCUT2D eigenvalue weighted by molar-refractivity contribution is -0.116. The average molecular weight is 385 g/mol. The molecule has 1 aliphatic heterocycles. The van der Waals surface area contributed by atoms with Crippen LogP contribution in [0, 0.1) is 12.3 Å². The van der Waals surface area contributed by atoms with E-state index in [1.807, 2.05) is 6.07 Å². The highest BCUT2D eigenvalue weighted by molar-refractivity contribution is 7.99. The molecule has 2 aromatic rings. The van der Waals surface area contributed by atoms with Crippen LogP contribution in [-0.2, 0) is 11.8 Å². The van der Waals surface area contributed by atoms with Gasteiger partial charge in [-0.2, -0.15) is 4.98 Å². The quantitative estimate of drug-likeness (QED) is 0.482. The molecule has 0 spiro atoms. The zero-order valence-electron chi connectivity index (χ0n) is 15.2. The van der Waals surface area contributed by atoms with E-state index in [0.717, 1.165) is 5.56 Å². The molecule has 8 heteroatoms. The lowest BCUT2D eigenvalue weighted by Gasteiger charge is -2.28. The number of carbonyl (C=O) groups is 1. The molecule has 3 rings (SSSR count). The van der Waals surface area contributed by atoms with Gasteiger partial charge in [0.05, 0.1) is 25.5 Å². The van der Waals surface area contributed by atoms with Gasteiger partial charge in [0.2, 0.25) is 5.91 Å². The topological polar surface area (TPSA) is 82.5 Å². The van der Waals surface area contributed by atoms with Gasteiger partial charge in [-0.25, -0.2) is 0 Å². The molecule has 1 aromatic heterocycles. The lowest BCUT2D eigenvalue weighted by Crippen LogP contribution is -2.33. The van der Waals surface area contributed by atoms with E-state index in [4.69, 9.17) is 15.9 Å². The van der Waals surface area contributed by atoms with Crippen molar-refractivity contribution >= 4 is 23.5 Å². The smallest absolute Gasteiger partial charge is 0.279 e. The van der Waals surface area contributed by atoms with Crippen LogP contribution in [0.15, 0.2) is 28.2 Å². The number of carbonyl (C=O) groups excluding carboxylic acids is 1. The van der Waals surface area contributed by atoms with Crippen molar-refractivity contribution in [3.05, 3.63) is 39.7 Å². The molecule has 0 saturated carbocycles. The van der Waals surface area contributed by atoms with Crippen molar-refractivity contribution in [1.82, 2.24) is 9.55 Å². The Morgan fingerprint density at radius 3 is 2.81 bits per heavy atom. The number of thioether (sulfide) groups is 1. The minimum atomic E-state index is -0.465. The Kier molecular flexibility index (Phi) is 5.42. The molecule has 1 N–H and O–H groups in total. The van der Waals surface area contributed by atoms with Crippen molar-refractivity contribution in [2.75, 3.05) is 25.3 Å². The second-order valence-corrected chi connectivity index (χ2v) is 6.87. The summed E-state index contributed by atoms with van der Waals surface area (Å²) in [6, 6.07) is 5.32. The van der Waals surface area contributed by atoms with Gasteiger partial charge in [0.25, 0.3) is 5.56 Å². The van der Waals surface area contributed by atoms with Crippen molar-refractivity contribution in [3.8, 4) is 23.8 Å². The van der Waals surface area contributed by atoms with Crippen LogP contribution in [0.3, 0.4) is 0 Å². The second kappa shape index (κ2) is 7.76. The van der Waals surface area contributed by atoms with E-state index in [0.29, 0.717) is 33.8 Å². The van der Waals surface area contributed by atoms with Crippen molar-refractivity contribution in [3.63, 3.8) is 0 Å². The van der Waals surface area contributed by atoms with Gasteiger partial charge in [0.1, 0.15) is 17.3 Å². The number of terminal acetylenes is 1. The highest BCUT2D eigenvalue weighted by Gasteiger charge is 2.33. The molecule has 0 bridgehead atoms. The zero-order chi connectivity index (χ0) is 19.6. The van der Waals surface area contributed by atoms with Crippen LogP contribution in [0.5, 0.6) is 11.5 Å². The number of ether oxygens (including phenoxy) is 2. The number of aromatic nitrogens is 2. The Morgan fingerprint density at radius 1 is 1.37 bits per heavy atom. The first-order chi connectivity index (χ1) is 13.0. The van der Waals surface area contributed by atoms with E-state index in [2.05, 4.69) is 16.2 Å². The van der Waals surface area contributed by atoms with Crippen LogP contribution < -0.4 is 20.3 Å². The number of benzene rings is 1. The first-order valence-corrected chi connectivity index (χ1v) is 9.17. The fourth-order valence-electron chi connectivity index (χ4n) is 3.14. The maximum Gasteiger partial charge on any atom is 0.279 e. The number of fused-ring (bicyclic) bond motifs is 1. The molecule has 27 heavy (non-hydrogen) atoms. The maximum absolute atomic E-state index is 12.8. The lowest BCUT2D eigenvalue weighted by atomic mass is 9.86. The van der Waals surface area contributed by atoms with Crippen LogP contribution in [0.4, 0.5) is 5.82 Å². The molecule has 1 aliphatic rings. The molecule has 2 heterocycles. The maximum atomic E-state index is 12.8. The Morgan fingerprint density at radius 2 is 2.15 bits per heavy atom. The number of nitrogens with zero attached hydrogens (tertiary/aromatic N) is 2. The van der Waals surface area contributed by atoms with Crippen LogP contribution in [0.2, 0.25) is 0 Å². The molecule has 7 nitrogen and oxygen atoms in total. The first-order valence-electron chi connectivity index (χ1n) is 8.19. The second-order valence-electron chi connectivity index (χ2n) is 5.93. The van der Waals surface area contributed by atoms with Crippen LogP contribution in [0.25, 0.3) is 0 Å². The molecule has 0 fully saturated rings. The Labute approximate surface area is 161 Å². The van der Waals surface area contributed by atoms with E-state index in [9.17, 15) is 9.59 Å². The molecule has 0 aliphatic carbocycles. The molecule has 1 unspecified atom stereocenters. The summed E-state index contributed by atoms with van der Waals surface area (Å²) in [6.07, 6.45) is 5.43. The molecule has 140 valence electrons. The Hall–Kier alpha value is -2.92. The highest BCUT2D eigenvalue weighted by Crippen LogP contribution is 2.40. The Balaban J connectivity index is 2.17. The number of amides is 1. The van der Waals surface area contributed by atoms with E-state index >= 15 is 0 Å². The predicted molar refractivity (Wildman–Crippen MR) is 104 cm³/mol. The predicted octanol–water partition coefficient (Wildman–Crippen LogP) is 2.00. The van der Waals surface area contributed by atoms with Crippen molar-refractivity contribution in [1.29, 1.82) is 0 Å². The summed E-state index contributed by atoms with van der Waals surface area (Å²) >= 11 is 1.27. The van der Waals surface area contributed by atoms with Crippen LogP contribution >= 0.6 is 11.8 Å².